The zero-order valence-electron chi connectivity index (χ0n) is 7.32. The molecule has 5 N–H and O–H groups in total. The molecule has 1 aliphatic heterocycles. The summed E-state index contributed by atoms with van der Waals surface area (Å²) in [5, 5.41) is 2.66. The molecule has 0 aromatic heterocycles. The van der Waals surface area contributed by atoms with E-state index in [-0.39, 0.29) is 12.6 Å². The van der Waals surface area contributed by atoms with Crippen LogP contribution in [0.4, 0.5) is 4.79 Å². The molecule has 0 aromatic rings. The van der Waals surface area contributed by atoms with Crippen molar-refractivity contribution in [3.63, 3.8) is 0 Å². The highest BCUT2D eigenvalue weighted by Crippen LogP contribution is 1.99. The van der Waals surface area contributed by atoms with Crippen molar-refractivity contribution < 1.29 is 9.59 Å². The van der Waals surface area contributed by atoms with Crippen molar-refractivity contribution in [2.24, 2.45) is 11.5 Å². The first-order chi connectivity index (χ1) is 6.11. The normalized spacial score (nSPS) is 19.5. The molecule has 6 heteroatoms. The molecule has 1 fully saturated rings. The molecule has 6 nitrogen and oxygen atoms in total. The number of amides is 3. The first-order valence-corrected chi connectivity index (χ1v) is 4.19. The first-order valence-electron chi connectivity index (χ1n) is 4.19. The molecule has 1 aliphatic rings. The van der Waals surface area contributed by atoms with E-state index in [1.165, 1.54) is 4.90 Å². The fraction of sp³-hybridized carbons (Fsp3) is 0.714. The maximum absolute atomic E-state index is 11.2. The standard InChI is InChI=1S/C7H14N4O2/c8-5(6(9)12)4-11-3-1-2-10-7(11)13/h5H,1-4,8H2,(H2,9,12)(H,10,13). The number of nitrogens with two attached hydrogens (primary N) is 2. The third-order valence-electron chi connectivity index (χ3n) is 1.95. The fourth-order valence-electron chi connectivity index (χ4n) is 1.18. The zero-order valence-corrected chi connectivity index (χ0v) is 7.32. The minimum atomic E-state index is -0.774. The molecule has 1 rings (SSSR count). The van der Waals surface area contributed by atoms with Gasteiger partial charge in [-0.1, -0.05) is 0 Å². The van der Waals surface area contributed by atoms with Gasteiger partial charge in [0.2, 0.25) is 5.91 Å². The molecule has 0 aliphatic carbocycles. The minimum absolute atomic E-state index is 0.178. The Balaban J connectivity index is 2.42. The van der Waals surface area contributed by atoms with E-state index in [1.807, 2.05) is 0 Å². The first kappa shape index (κ1) is 9.79. The molecular weight excluding hydrogens is 172 g/mol. The molecular formula is C7H14N4O2. The smallest absolute Gasteiger partial charge is 0.317 e. The summed E-state index contributed by atoms with van der Waals surface area (Å²) < 4.78 is 0. The van der Waals surface area contributed by atoms with Crippen LogP contribution < -0.4 is 16.8 Å². The number of hydrogen-bond donors (Lipinski definition) is 3. The second-order valence-electron chi connectivity index (χ2n) is 3.04. The van der Waals surface area contributed by atoms with E-state index in [0.717, 1.165) is 6.42 Å². The Morgan fingerprint density at radius 2 is 2.38 bits per heavy atom. The van der Waals surface area contributed by atoms with Gasteiger partial charge in [-0.25, -0.2) is 4.79 Å². The van der Waals surface area contributed by atoms with Crippen molar-refractivity contribution in [3.05, 3.63) is 0 Å². The molecule has 0 spiro atoms. The van der Waals surface area contributed by atoms with Crippen LogP contribution in [0, 0.1) is 0 Å². The summed E-state index contributed by atoms with van der Waals surface area (Å²) in [5.41, 5.74) is 10.4. The van der Waals surface area contributed by atoms with E-state index < -0.39 is 11.9 Å². The number of rotatable bonds is 3. The highest BCUT2D eigenvalue weighted by Gasteiger charge is 2.21. The van der Waals surface area contributed by atoms with Crippen LogP contribution in [-0.2, 0) is 4.79 Å². The Bertz CT molecular complexity index is 219. The number of nitrogens with one attached hydrogen (secondary N) is 1. The molecule has 0 bridgehead atoms. The summed E-state index contributed by atoms with van der Waals surface area (Å²) in [4.78, 5) is 23.3. The summed E-state index contributed by atoms with van der Waals surface area (Å²) in [5.74, 6) is -0.585. The van der Waals surface area contributed by atoms with Gasteiger partial charge < -0.3 is 21.7 Å². The van der Waals surface area contributed by atoms with Crippen LogP contribution in [0.15, 0.2) is 0 Å². The lowest BCUT2D eigenvalue weighted by Gasteiger charge is -2.28. The van der Waals surface area contributed by atoms with Gasteiger partial charge in [0.25, 0.3) is 0 Å². The topological polar surface area (TPSA) is 101 Å². The number of nitrogens with zero attached hydrogens (tertiary/aromatic N) is 1. The highest BCUT2D eigenvalue weighted by atomic mass is 16.2. The molecule has 0 saturated carbocycles. The van der Waals surface area contributed by atoms with E-state index in [9.17, 15) is 9.59 Å². The van der Waals surface area contributed by atoms with Gasteiger partial charge in [0.15, 0.2) is 0 Å². The van der Waals surface area contributed by atoms with Crippen molar-refractivity contribution in [2.45, 2.75) is 12.5 Å². The maximum atomic E-state index is 11.2. The summed E-state index contributed by atoms with van der Waals surface area (Å²) in [6.07, 6.45) is 0.872. The number of carbonyl (C=O) groups excluding carboxylic acids is 2. The molecule has 74 valence electrons. The lowest BCUT2D eigenvalue weighted by atomic mass is 10.2. The minimum Gasteiger partial charge on any atom is -0.368 e. The van der Waals surface area contributed by atoms with E-state index in [4.69, 9.17) is 11.5 Å². The molecule has 1 atom stereocenters. The van der Waals surface area contributed by atoms with Gasteiger partial charge in [0.1, 0.15) is 6.04 Å². The molecule has 0 aromatic carbocycles. The second-order valence-corrected chi connectivity index (χ2v) is 3.04. The summed E-state index contributed by atoms with van der Waals surface area (Å²) in [6.45, 7) is 1.51. The van der Waals surface area contributed by atoms with Crippen LogP contribution in [0.5, 0.6) is 0 Å². The fourth-order valence-corrected chi connectivity index (χ4v) is 1.18. The van der Waals surface area contributed by atoms with Gasteiger partial charge in [-0.3, -0.25) is 4.79 Å². The lowest BCUT2D eigenvalue weighted by Crippen LogP contribution is -2.53. The van der Waals surface area contributed by atoms with Gasteiger partial charge in [0, 0.05) is 19.6 Å². The number of primary amides is 1. The predicted octanol–water partition coefficient (Wildman–Crippen LogP) is -1.79. The van der Waals surface area contributed by atoms with Gasteiger partial charge in [0.05, 0.1) is 0 Å². The van der Waals surface area contributed by atoms with E-state index in [0.29, 0.717) is 13.1 Å². The Hall–Kier alpha value is -1.30. The average Bonchev–Trinajstić information content (AvgIpc) is 2.08. The maximum Gasteiger partial charge on any atom is 0.317 e. The second kappa shape index (κ2) is 4.08. The Morgan fingerprint density at radius 3 is 2.92 bits per heavy atom. The number of hydrogen-bond acceptors (Lipinski definition) is 3. The Morgan fingerprint density at radius 1 is 1.69 bits per heavy atom. The average molecular weight is 186 g/mol. The van der Waals surface area contributed by atoms with Crippen LogP contribution >= 0.6 is 0 Å². The van der Waals surface area contributed by atoms with Crippen LogP contribution in [0.1, 0.15) is 6.42 Å². The van der Waals surface area contributed by atoms with Gasteiger partial charge in [-0.2, -0.15) is 0 Å². The van der Waals surface area contributed by atoms with Crippen molar-refractivity contribution in [3.8, 4) is 0 Å². The van der Waals surface area contributed by atoms with Crippen molar-refractivity contribution in [2.75, 3.05) is 19.6 Å². The highest BCUT2D eigenvalue weighted by molar-refractivity contribution is 5.81. The van der Waals surface area contributed by atoms with Crippen LogP contribution in [0.2, 0.25) is 0 Å². The number of urea groups is 1. The molecule has 1 unspecified atom stereocenters. The molecule has 13 heavy (non-hydrogen) atoms. The quantitative estimate of drug-likeness (QED) is 0.485. The lowest BCUT2D eigenvalue weighted by molar-refractivity contribution is -0.119. The third kappa shape index (κ3) is 2.59. The van der Waals surface area contributed by atoms with Gasteiger partial charge >= 0.3 is 6.03 Å². The van der Waals surface area contributed by atoms with Crippen LogP contribution in [0.25, 0.3) is 0 Å². The van der Waals surface area contributed by atoms with Gasteiger partial charge in [-0.15, -0.1) is 0 Å². The predicted molar refractivity (Wildman–Crippen MR) is 46.8 cm³/mol. The van der Waals surface area contributed by atoms with E-state index in [1.54, 1.807) is 0 Å². The van der Waals surface area contributed by atoms with Crippen molar-refractivity contribution in [1.29, 1.82) is 0 Å². The Labute approximate surface area is 76.2 Å². The number of carbonyl (C=O) groups is 2. The molecule has 3 amide bonds. The monoisotopic (exact) mass is 186 g/mol. The van der Waals surface area contributed by atoms with E-state index in [2.05, 4.69) is 5.32 Å². The Kier molecular flexibility index (Phi) is 3.07. The van der Waals surface area contributed by atoms with Crippen molar-refractivity contribution >= 4 is 11.9 Å². The van der Waals surface area contributed by atoms with Crippen molar-refractivity contribution in [1.82, 2.24) is 10.2 Å². The molecule has 1 saturated heterocycles. The third-order valence-corrected chi connectivity index (χ3v) is 1.95. The zero-order chi connectivity index (χ0) is 9.84. The largest absolute Gasteiger partial charge is 0.368 e. The summed E-state index contributed by atoms with van der Waals surface area (Å²) >= 11 is 0. The molecule has 1 heterocycles. The summed E-state index contributed by atoms with van der Waals surface area (Å²) in [6, 6.07) is -0.952. The van der Waals surface area contributed by atoms with Crippen LogP contribution in [0.3, 0.4) is 0 Å². The van der Waals surface area contributed by atoms with E-state index >= 15 is 0 Å². The van der Waals surface area contributed by atoms with Gasteiger partial charge in [-0.05, 0) is 6.42 Å². The molecule has 0 radical (unpaired) electrons. The summed E-state index contributed by atoms with van der Waals surface area (Å²) in [7, 11) is 0. The SMILES string of the molecule is NC(=O)C(N)CN1CCCNC1=O. The van der Waals surface area contributed by atoms with Crippen LogP contribution in [-0.4, -0.2) is 42.5 Å².